The van der Waals surface area contributed by atoms with E-state index >= 15 is 0 Å². The van der Waals surface area contributed by atoms with Crippen molar-refractivity contribution in [3.63, 3.8) is 0 Å². The van der Waals surface area contributed by atoms with Crippen LogP contribution >= 0.6 is 0 Å². The molecule has 0 N–H and O–H groups in total. The second kappa shape index (κ2) is 8.51. The molecular formula is C14H28N2O. The van der Waals surface area contributed by atoms with Crippen LogP contribution in [-0.4, -0.2) is 48.4 Å². The second-order valence-corrected chi connectivity index (χ2v) is 5.03. The summed E-state index contributed by atoms with van der Waals surface area (Å²) in [5.74, 6) is 0.361. The van der Waals surface area contributed by atoms with Crippen LogP contribution in [0.3, 0.4) is 0 Å². The van der Waals surface area contributed by atoms with Gasteiger partial charge >= 0.3 is 0 Å². The Bertz CT molecular complexity index is 210. The number of hydrogen-bond acceptors (Lipinski definition) is 2. The third kappa shape index (κ3) is 5.53. The zero-order valence-electron chi connectivity index (χ0n) is 11.6. The number of hydrogen-bond donors (Lipinski definition) is 0. The molecule has 100 valence electrons. The zero-order chi connectivity index (χ0) is 12.5. The fraction of sp³-hybridized carbons (Fsp3) is 0.929. The molecule has 0 saturated carbocycles. The van der Waals surface area contributed by atoms with Crippen molar-refractivity contribution in [2.75, 3.05) is 32.7 Å². The van der Waals surface area contributed by atoms with Gasteiger partial charge in [0.15, 0.2) is 0 Å². The molecule has 1 aliphatic rings. The molecule has 1 amide bonds. The summed E-state index contributed by atoms with van der Waals surface area (Å²) in [6.45, 7) is 9.61. The van der Waals surface area contributed by atoms with E-state index in [4.69, 9.17) is 0 Å². The highest BCUT2D eigenvalue weighted by atomic mass is 16.2. The second-order valence-electron chi connectivity index (χ2n) is 5.03. The molecule has 0 aromatic rings. The Hall–Kier alpha value is -0.570. The van der Waals surface area contributed by atoms with Gasteiger partial charge in [0, 0.05) is 32.6 Å². The lowest BCUT2D eigenvalue weighted by atomic mass is 10.2. The summed E-state index contributed by atoms with van der Waals surface area (Å²) in [5.41, 5.74) is 0. The molecule has 1 saturated heterocycles. The van der Waals surface area contributed by atoms with Gasteiger partial charge in [0.1, 0.15) is 0 Å². The Morgan fingerprint density at radius 3 is 2.18 bits per heavy atom. The Kier molecular flexibility index (Phi) is 7.25. The lowest BCUT2D eigenvalue weighted by Gasteiger charge is -2.34. The highest BCUT2D eigenvalue weighted by Gasteiger charge is 2.19. The minimum absolute atomic E-state index is 0.361. The molecule has 1 rings (SSSR count). The van der Waals surface area contributed by atoms with Crippen LogP contribution in [0.4, 0.5) is 0 Å². The van der Waals surface area contributed by atoms with Crippen LogP contribution in [0.2, 0.25) is 0 Å². The monoisotopic (exact) mass is 240 g/mol. The van der Waals surface area contributed by atoms with Crippen molar-refractivity contribution in [2.45, 2.75) is 52.4 Å². The van der Waals surface area contributed by atoms with E-state index in [1.165, 1.54) is 25.8 Å². The predicted octanol–water partition coefficient (Wildman–Crippen LogP) is 2.51. The third-order valence-electron chi connectivity index (χ3n) is 3.55. The SMILES string of the molecule is CCCCCN1CCN(C(=O)CCCC)CC1. The van der Waals surface area contributed by atoms with E-state index in [0.717, 1.165) is 45.4 Å². The number of unbranched alkanes of at least 4 members (excludes halogenated alkanes) is 3. The van der Waals surface area contributed by atoms with Gasteiger partial charge in [-0.25, -0.2) is 0 Å². The molecule has 0 unspecified atom stereocenters. The van der Waals surface area contributed by atoms with Gasteiger partial charge in [0.05, 0.1) is 0 Å². The number of piperazine rings is 1. The fourth-order valence-electron chi connectivity index (χ4n) is 2.29. The molecule has 0 aromatic carbocycles. The standard InChI is InChI=1S/C14H28N2O/c1-3-5-7-9-15-10-12-16(13-11-15)14(17)8-6-4-2/h3-13H2,1-2H3. The summed E-state index contributed by atoms with van der Waals surface area (Å²) in [5, 5.41) is 0. The Labute approximate surface area is 106 Å². The van der Waals surface area contributed by atoms with Crippen LogP contribution in [0.5, 0.6) is 0 Å². The molecule has 3 heteroatoms. The Balaban J connectivity index is 2.14. The lowest BCUT2D eigenvalue weighted by molar-refractivity contribution is -0.133. The quantitative estimate of drug-likeness (QED) is 0.638. The van der Waals surface area contributed by atoms with Gasteiger partial charge in [0.2, 0.25) is 5.91 Å². The van der Waals surface area contributed by atoms with Crippen molar-refractivity contribution in [2.24, 2.45) is 0 Å². The topological polar surface area (TPSA) is 23.6 Å². The number of rotatable bonds is 7. The van der Waals surface area contributed by atoms with E-state index in [1.54, 1.807) is 0 Å². The molecule has 0 radical (unpaired) electrons. The summed E-state index contributed by atoms with van der Waals surface area (Å²) >= 11 is 0. The van der Waals surface area contributed by atoms with Crippen LogP contribution in [0, 0.1) is 0 Å². The van der Waals surface area contributed by atoms with Crippen molar-refractivity contribution < 1.29 is 4.79 Å². The number of carbonyl (C=O) groups is 1. The average molecular weight is 240 g/mol. The third-order valence-corrected chi connectivity index (χ3v) is 3.55. The lowest BCUT2D eigenvalue weighted by Crippen LogP contribution is -2.48. The average Bonchev–Trinajstić information content (AvgIpc) is 2.37. The largest absolute Gasteiger partial charge is 0.340 e. The smallest absolute Gasteiger partial charge is 0.222 e. The molecule has 0 spiro atoms. The van der Waals surface area contributed by atoms with Gasteiger partial charge in [-0.15, -0.1) is 0 Å². The molecule has 1 fully saturated rings. The van der Waals surface area contributed by atoms with Crippen molar-refractivity contribution in [1.29, 1.82) is 0 Å². The zero-order valence-corrected chi connectivity index (χ0v) is 11.6. The first-order valence-electron chi connectivity index (χ1n) is 7.28. The molecule has 3 nitrogen and oxygen atoms in total. The fourth-order valence-corrected chi connectivity index (χ4v) is 2.29. The van der Waals surface area contributed by atoms with E-state index in [9.17, 15) is 4.79 Å². The summed E-state index contributed by atoms with van der Waals surface area (Å²) in [6.07, 6.45) is 6.82. The minimum atomic E-state index is 0.361. The summed E-state index contributed by atoms with van der Waals surface area (Å²) in [6, 6.07) is 0. The van der Waals surface area contributed by atoms with Crippen molar-refractivity contribution >= 4 is 5.91 Å². The van der Waals surface area contributed by atoms with Crippen LogP contribution in [0.1, 0.15) is 52.4 Å². The minimum Gasteiger partial charge on any atom is -0.340 e. The van der Waals surface area contributed by atoms with Crippen LogP contribution in [0.15, 0.2) is 0 Å². The van der Waals surface area contributed by atoms with Crippen LogP contribution in [0.25, 0.3) is 0 Å². The maximum absolute atomic E-state index is 11.8. The maximum Gasteiger partial charge on any atom is 0.222 e. The number of nitrogens with zero attached hydrogens (tertiary/aromatic N) is 2. The van der Waals surface area contributed by atoms with Gasteiger partial charge in [-0.3, -0.25) is 9.69 Å². The predicted molar refractivity (Wildman–Crippen MR) is 72.1 cm³/mol. The first-order valence-corrected chi connectivity index (χ1v) is 7.28. The highest BCUT2D eigenvalue weighted by Crippen LogP contribution is 2.07. The number of carbonyl (C=O) groups excluding carboxylic acids is 1. The normalized spacial score (nSPS) is 17.4. The van der Waals surface area contributed by atoms with Gasteiger partial charge in [-0.2, -0.15) is 0 Å². The first kappa shape index (κ1) is 14.5. The molecule has 0 aliphatic carbocycles. The van der Waals surface area contributed by atoms with E-state index in [0.29, 0.717) is 5.91 Å². The Morgan fingerprint density at radius 2 is 1.59 bits per heavy atom. The van der Waals surface area contributed by atoms with Crippen molar-refractivity contribution in [3.05, 3.63) is 0 Å². The first-order chi connectivity index (χ1) is 8.27. The van der Waals surface area contributed by atoms with Gasteiger partial charge in [-0.05, 0) is 19.4 Å². The molecular weight excluding hydrogens is 212 g/mol. The van der Waals surface area contributed by atoms with E-state index in [1.807, 2.05) is 4.90 Å². The molecule has 0 aromatic heterocycles. The summed E-state index contributed by atoms with van der Waals surface area (Å²) in [4.78, 5) is 16.4. The number of amides is 1. The highest BCUT2D eigenvalue weighted by molar-refractivity contribution is 5.76. The van der Waals surface area contributed by atoms with Crippen molar-refractivity contribution in [3.8, 4) is 0 Å². The van der Waals surface area contributed by atoms with E-state index in [2.05, 4.69) is 18.7 Å². The summed E-state index contributed by atoms with van der Waals surface area (Å²) in [7, 11) is 0. The van der Waals surface area contributed by atoms with Gasteiger partial charge in [0.25, 0.3) is 0 Å². The molecule has 1 heterocycles. The maximum atomic E-state index is 11.8. The molecule has 1 aliphatic heterocycles. The van der Waals surface area contributed by atoms with Gasteiger partial charge in [-0.1, -0.05) is 33.1 Å². The van der Waals surface area contributed by atoms with Crippen LogP contribution in [-0.2, 0) is 4.79 Å². The molecule has 0 bridgehead atoms. The molecule has 0 atom stereocenters. The van der Waals surface area contributed by atoms with Crippen LogP contribution < -0.4 is 0 Å². The van der Waals surface area contributed by atoms with Gasteiger partial charge < -0.3 is 4.90 Å². The Morgan fingerprint density at radius 1 is 0.941 bits per heavy atom. The van der Waals surface area contributed by atoms with Crippen molar-refractivity contribution in [1.82, 2.24) is 9.80 Å². The molecule has 17 heavy (non-hydrogen) atoms. The summed E-state index contributed by atoms with van der Waals surface area (Å²) < 4.78 is 0. The van der Waals surface area contributed by atoms with E-state index in [-0.39, 0.29) is 0 Å². The van der Waals surface area contributed by atoms with E-state index < -0.39 is 0 Å².